The lowest BCUT2D eigenvalue weighted by Crippen LogP contribution is -2.35. The van der Waals surface area contributed by atoms with Gasteiger partial charge < -0.3 is 20.7 Å². The van der Waals surface area contributed by atoms with Crippen LogP contribution in [-0.4, -0.2) is 18.4 Å². The summed E-state index contributed by atoms with van der Waals surface area (Å²) in [4.78, 5) is 27.2. The Balaban J connectivity index is 1.74. The molecule has 1 aliphatic rings. The van der Waals surface area contributed by atoms with Crippen LogP contribution in [0.5, 0.6) is 5.75 Å². The van der Waals surface area contributed by atoms with Crippen LogP contribution in [0.1, 0.15) is 38.7 Å². The molecule has 3 aromatic rings. The van der Waals surface area contributed by atoms with Gasteiger partial charge in [0, 0.05) is 39.8 Å². The van der Waals surface area contributed by atoms with Crippen LogP contribution >= 0.6 is 0 Å². The number of ether oxygens (including phenoxy) is 1. The van der Waals surface area contributed by atoms with Crippen LogP contribution in [0.3, 0.4) is 0 Å². The topological polar surface area (TPSA) is 79.5 Å². The average molecular weight is 482 g/mol. The number of hydrogen-bond acceptors (Lipinski definition) is 4. The molecule has 184 valence electrons. The highest BCUT2D eigenvalue weighted by atomic mass is 16.5. The van der Waals surface area contributed by atoms with Crippen molar-refractivity contribution in [2.24, 2.45) is 0 Å². The number of para-hydroxylation sites is 2. The highest BCUT2D eigenvalue weighted by Crippen LogP contribution is 2.39. The van der Waals surface area contributed by atoms with E-state index in [0.29, 0.717) is 40.5 Å². The molecule has 6 nitrogen and oxygen atoms in total. The van der Waals surface area contributed by atoms with Crippen molar-refractivity contribution in [3.63, 3.8) is 0 Å². The molecule has 1 aliphatic heterocycles. The van der Waals surface area contributed by atoms with Gasteiger partial charge in [-0.1, -0.05) is 55.5 Å². The smallest absolute Gasteiger partial charge is 0.254 e. The van der Waals surface area contributed by atoms with Crippen LogP contribution in [-0.2, 0) is 9.59 Å². The molecule has 0 aliphatic carbocycles. The molecule has 0 atom stereocenters. The number of amides is 2. The minimum Gasteiger partial charge on any atom is -0.494 e. The van der Waals surface area contributed by atoms with E-state index >= 15 is 0 Å². The van der Waals surface area contributed by atoms with Gasteiger partial charge >= 0.3 is 0 Å². The van der Waals surface area contributed by atoms with E-state index in [2.05, 4.69) is 22.9 Å². The molecule has 4 rings (SSSR count). The van der Waals surface area contributed by atoms with Gasteiger partial charge in [0.2, 0.25) is 0 Å². The summed E-state index contributed by atoms with van der Waals surface area (Å²) in [5, 5.41) is 9.24. The highest BCUT2D eigenvalue weighted by Gasteiger charge is 2.36. The van der Waals surface area contributed by atoms with Crippen molar-refractivity contribution in [2.75, 3.05) is 17.2 Å². The Kier molecular flexibility index (Phi) is 7.85. The van der Waals surface area contributed by atoms with Gasteiger partial charge in [-0.25, -0.2) is 0 Å². The molecule has 0 bridgehead atoms. The molecule has 0 radical (unpaired) electrons. The predicted octanol–water partition coefficient (Wildman–Crippen LogP) is 5.99. The zero-order valence-electron chi connectivity index (χ0n) is 20.8. The number of hydrogen-bond donors (Lipinski definition) is 3. The molecule has 6 heteroatoms. The molecule has 0 saturated heterocycles. The highest BCUT2D eigenvalue weighted by molar-refractivity contribution is 6.11. The Morgan fingerprint density at radius 2 is 1.22 bits per heavy atom. The van der Waals surface area contributed by atoms with E-state index in [9.17, 15) is 9.59 Å². The van der Waals surface area contributed by atoms with Gasteiger partial charge in [-0.05, 0) is 62.2 Å². The third kappa shape index (κ3) is 5.66. The van der Waals surface area contributed by atoms with Crippen molar-refractivity contribution in [2.45, 2.75) is 33.1 Å². The van der Waals surface area contributed by atoms with Crippen molar-refractivity contribution in [1.29, 1.82) is 0 Å². The average Bonchev–Trinajstić information content (AvgIpc) is 2.88. The summed E-state index contributed by atoms with van der Waals surface area (Å²) < 4.78 is 5.75. The van der Waals surface area contributed by atoms with Gasteiger partial charge in [0.15, 0.2) is 0 Å². The summed E-state index contributed by atoms with van der Waals surface area (Å²) in [7, 11) is 0. The summed E-state index contributed by atoms with van der Waals surface area (Å²) >= 11 is 0. The Morgan fingerprint density at radius 3 is 1.67 bits per heavy atom. The number of rotatable bonds is 8. The van der Waals surface area contributed by atoms with Gasteiger partial charge in [0.05, 0.1) is 6.61 Å². The first-order valence-electron chi connectivity index (χ1n) is 12.1. The predicted molar refractivity (Wildman–Crippen MR) is 144 cm³/mol. The number of nitrogens with one attached hydrogen (secondary N) is 3. The number of benzene rings is 3. The van der Waals surface area contributed by atoms with Gasteiger partial charge in [0.25, 0.3) is 11.8 Å². The number of carbonyl (C=O) groups is 2. The van der Waals surface area contributed by atoms with E-state index in [1.165, 1.54) is 0 Å². The van der Waals surface area contributed by atoms with Crippen LogP contribution in [0.4, 0.5) is 11.4 Å². The molecule has 0 unspecified atom stereocenters. The maximum atomic E-state index is 13.6. The van der Waals surface area contributed by atoms with E-state index < -0.39 is 5.92 Å². The number of carbonyl (C=O) groups excluding carboxylic acids is 2. The van der Waals surface area contributed by atoms with Gasteiger partial charge in [-0.3, -0.25) is 9.59 Å². The molecule has 1 heterocycles. The van der Waals surface area contributed by atoms with Crippen LogP contribution < -0.4 is 20.7 Å². The number of anilines is 2. The minimum absolute atomic E-state index is 0.264. The van der Waals surface area contributed by atoms with Crippen LogP contribution in [0.2, 0.25) is 0 Å². The second kappa shape index (κ2) is 11.4. The number of dihydropyridines is 1. The SMILES string of the molecule is CCCOc1ccc(C2C(C(=O)Nc3ccccc3)=C(C)NC(C)=C2C(=O)Nc2ccccc2)cc1. The van der Waals surface area contributed by atoms with Crippen LogP contribution in [0, 0.1) is 0 Å². The van der Waals surface area contributed by atoms with E-state index in [0.717, 1.165) is 17.7 Å². The quantitative estimate of drug-likeness (QED) is 0.369. The summed E-state index contributed by atoms with van der Waals surface area (Å²) in [5.41, 5.74) is 4.59. The maximum absolute atomic E-state index is 13.6. The summed E-state index contributed by atoms with van der Waals surface area (Å²) in [6.07, 6.45) is 0.910. The molecule has 0 fully saturated rings. The van der Waals surface area contributed by atoms with Crippen molar-refractivity contribution >= 4 is 23.2 Å². The lowest BCUT2D eigenvalue weighted by atomic mass is 9.79. The first-order chi connectivity index (χ1) is 17.5. The number of allylic oxidation sites excluding steroid dienone is 2. The normalized spacial score (nSPS) is 13.8. The molecule has 0 aromatic heterocycles. The van der Waals surface area contributed by atoms with E-state index in [1.54, 1.807) is 0 Å². The van der Waals surface area contributed by atoms with E-state index in [-0.39, 0.29) is 11.8 Å². The fourth-order valence-corrected chi connectivity index (χ4v) is 4.35. The minimum atomic E-state index is -0.570. The van der Waals surface area contributed by atoms with Crippen LogP contribution in [0.15, 0.2) is 107 Å². The molecule has 2 amide bonds. The van der Waals surface area contributed by atoms with Gasteiger partial charge in [0.1, 0.15) is 5.75 Å². The second-order valence-electron chi connectivity index (χ2n) is 8.69. The molecule has 36 heavy (non-hydrogen) atoms. The molecule has 0 spiro atoms. The fraction of sp³-hybridized carbons (Fsp3) is 0.200. The first-order valence-corrected chi connectivity index (χ1v) is 12.1. The lowest BCUT2D eigenvalue weighted by molar-refractivity contribution is -0.113. The standard InChI is InChI=1S/C30H31N3O3/c1-4-19-36-25-17-15-22(16-18-25)28-26(29(34)32-23-11-7-5-8-12-23)20(2)31-21(3)27(28)30(35)33-24-13-9-6-10-14-24/h5-18,28,31H,4,19H2,1-3H3,(H,32,34)(H,33,35). The zero-order chi connectivity index (χ0) is 25.5. The molecule has 3 aromatic carbocycles. The zero-order valence-corrected chi connectivity index (χ0v) is 20.8. The van der Waals surface area contributed by atoms with Gasteiger partial charge in [-0.15, -0.1) is 0 Å². The van der Waals surface area contributed by atoms with Crippen LogP contribution in [0.25, 0.3) is 0 Å². The summed E-state index contributed by atoms with van der Waals surface area (Å²) in [6, 6.07) is 26.2. The summed E-state index contributed by atoms with van der Waals surface area (Å²) in [6.45, 7) is 6.40. The molecule has 0 saturated carbocycles. The Hall–Kier alpha value is -4.32. The van der Waals surface area contributed by atoms with Crippen molar-refractivity contribution in [3.05, 3.63) is 113 Å². The summed E-state index contributed by atoms with van der Waals surface area (Å²) in [5.74, 6) is -0.347. The van der Waals surface area contributed by atoms with E-state index in [1.807, 2.05) is 98.8 Å². The Labute approximate surface area is 212 Å². The first kappa shape index (κ1) is 24.8. The largest absolute Gasteiger partial charge is 0.494 e. The molecule has 3 N–H and O–H groups in total. The second-order valence-corrected chi connectivity index (χ2v) is 8.69. The Bertz CT molecular complexity index is 1200. The van der Waals surface area contributed by atoms with Gasteiger partial charge in [-0.2, -0.15) is 0 Å². The van der Waals surface area contributed by atoms with E-state index in [4.69, 9.17) is 4.74 Å². The lowest BCUT2D eigenvalue weighted by Gasteiger charge is -2.31. The molecular weight excluding hydrogens is 450 g/mol. The monoisotopic (exact) mass is 481 g/mol. The molecular formula is C30H31N3O3. The van der Waals surface area contributed by atoms with Crippen molar-refractivity contribution in [3.8, 4) is 5.75 Å². The Morgan fingerprint density at radius 1 is 0.750 bits per heavy atom. The third-order valence-corrected chi connectivity index (χ3v) is 6.00. The fourth-order valence-electron chi connectivity index (χ4n) is 4.35. The van der Waals surface area contributed by atoms with Crippen molar-refractivity contribution in [1.82, 2.24) is 5.32 Å². The maximum Gasteiger partial charge on any atom is 0.254 e. The van der Waals surface area contributed by atoms with Crippen molar-refractivity contribution < 1.29 is 14.3 Å². The third-order valence-electron chi connectivity index (χ3n) is 6.00.